The van der Waals surface area contributed by atoms with E-state index in [4.69, 9.17) is 0 Å². The van der Waals surface area contributed by atoms with Gasteiger partial charge < -0.3 is 4.74 Å². The highest BCUT2D eigenvalue weighted by Crippen LogP contribution is 2.27. The van der Waals surface area contributed by atoms with Crippen LogP contribution in [0.3, 0.4) is 0 Å². The summed E-state index contributed by atoms with van der Waals surface area (Å²) in [5.41, 5.74) is 2.01. The summed E-state index contributed by atoms with van der Waals surface area (Å²) in [7, 11) is 0.180. The third-order valence-corrected chi connectivity index (χ3v) is 7.61. The van der Waals surface area contributed by atoms with E-state index in [0.717, 1.165) is 42.8 Å². The number of rotatable bonds is 9. The van der Waals surface area contributed by atoms with E-state index < -0.39 is 28.6 Å². The van der Waals surface area contributed by atoms with Gasteiger partial charge in [0.25, 0.3) is 0 Å². The van der Waals surface area contributed by atoms with Crippen LogP contribution in [0.5, 0.6) is 0 Å². The van der Waals surface area contributed by atoms with Crippen LogP contribution in [0.25, 0.3) is 0 Å². The van der Waals surface area contributed by atoms with Crippen LogP contribution in [0.15, 0.2) is 22.5 Å². The maximum atomic E-state index is 12.9. The Labute approximate surface area is 183 Å². The quantitative estimate of drug-likeness (QED) is 0.332. The number of aromatic nitrogens is 2. The van der Waals surface area contributed by atoms with Crippen molar-refractivity contribution in [2.24, 2.45) is 0 Å². The zero-order valence-corrected chi connectivity index (χ0v) is 19.7. The van der Waals surface area contributed by atoms with Crippen LogP contribution >= 0.6 is 23.1 Å². The number of carbonyl (C=O) groups excluding carboxylic acids is 2. The third-order valence-electron chi connectivity index (χ3n) is 3.85. The normalized spacial score (nSPS) is 11.4. The second-order valence-corrected chi connectivity index (χ2v) is 10.6. The molecule has 0 bridgehead atoms. The summed E-state index contributed by atoms with van der Waals surface area (Å²) < 4.78 is 32.9. The maximum Gasteiger partial charge on any atom is 0.316 e. The fourth-order valence-electron chi connectivity index (χ4n) is 2.26. The van der Waals surface area contributed by atoms with Gasteiger partial charge in [0.1, 0.15) is 6.54 Å². The van der Waals surface area contributed by atoms with Crippen molar-refractivity contribution in [2.45, 2.75) is 18.2 Å². The number of anilines is 2. The molecule has 0 radical (unpaired) electrons. The summed E-state index contributed by atoms with van der Waals surface area (Å²) in [5, 5.41) is 10.5. The lowest BCUT2D eigenvalue weighted by Crippen LogP contribution is -2.44. The number of amides is 1. The number of methoxy groups -OCH3 is 1. The Kier molecular flexibility index (Phi) is 8.18. The van der Waals surface area contributed by atoms with Crippen LogP contribution in [0.1, 0.15) is 11.1 Å². The number of nitrogens with zero attached hydrogens (tertiary/aromatic N) is 4. The molecule has 0 aliphatic heterocycles. The minimum atomic E-state index is -3.92. The summed E-state index contributed by atoms with van der Waals surface area (Å²) in [6.07, 6.45) is 0. The van der Waals surface area contributed by atoms with Crippen LogP contribution in [-0.2, 0) is 24.5 Å². The fraction of sp³-hybridized carbons (Fsp3) is 0.412. The van der Waals surface area contributed by atoms with Gasteiger partial charge in [-0.2, -0.15) is 12.7 Å². The number of benzene rings is 1. The van der Waals surface area contributed by atoms with Gasteiger partial charge in [-0.15, -0.1) is 10.2 Å². The van der Waals surface area contributed by atoms with E-state index in [1.54, 1.807) is 19.1 Å². The second kappa shape index (κ2) is 10.2. The highest BCUT2D eigenvalue weighted by atomic mass is 32.2. The molecule has 0 spiro atoms. The number of hydrogen-bond acceptors (Lipinski definition) is 9. The van der Waals surface area contributed by atoms with Gasteiger partial charge in [0.2, 0.25) is 11.0 Å². The Balaban J connectivity index is 2.18. The monoisotopic (exact) mass is 473 g/mol. The summed E-state index contributed by atoms with van der Waals surface area (Å²) in [5.74, 6) is -0.901. The topological polar surface area (TPSA) is 122 Å². The Bertz CT molecular complexity index is 1020. The Hall–Kier alpha value is -2.22. The molecule has 1 heterocycles. The first-order valence-electron chi connectivity index (χ1n) is 8.65. The molecule has 1 amide bonds. The van der Waals surface area contributed by atoms with Crippen LogP contribution in [-0.4, -0.2) is 68.3 Å². The number of nitrogens with one attached hydrogen (secondary N) is 1. The zero-order chi connectivity index (χ0) is 22.5. The van der Waals surface area contributed by atoms with Crippen molar-refractivity contribution in [2.75, 3.05) is 43.1 Å². The van der Waals surface area contributed by atoms with Crippen LogP contribution < -0.4 is 9.62 Å². The highest BCUT2D eigenvalue weighted by Gasteiger charge is 2.29. The molecule has 30 heavy (non-hydrogen) atoms. The molecule has 13 heteroatoms. The van der Waals surface area contributed by atoms with Crippen molar-refractivity contribution < 1.29 is 22.7 Å². The van der Waals surface area contributed by atoms with E-state index in [1.807, 2.05) is 13.0 Å². The predicted octanol–water partition coefficient (Wildman–Crippen LogP) is 1.67. The molecule has 0 saturated heterocycles. The Morgan fingerprint density at radius 1 is 1.23 bits per heavy atom. The molecule has 10 nitrogen and oxygen atoms in total. The molecule has 1 aromatic carbocycles. The number of aryl methyl sites for hydroxylation is 2. The molecular weight excluding hydrogens is 450 g/mol. The van der Waals surface area contributed by atoms with Crippen molar-refractivity contribution in [3.05, 3.63) is 29.3 Å². The molecule has 0 saturated carbocycles. The van der Waals surface area contributed by atoms with E-state index in [9.17, 15) is 18.0 Å². The molecule has 1 aromatic heterocycles. The number of thioether (sulfide) groups is 1. The second-order valence-electron chi connectivity index (χ2n) is 6.37. The van der Waals surface area contributed by atoms with E-state index >= 15 is 0 Å². The number of ether oxygens (including phenoxy) is 1. The third kappa shape index (κ3) is 6.14. The lowest BCUT2D eigenvalue weighted by molar-refractivity contribution is -0.137. The van der Waals surface area contributed by atoms with Crippen LogP contribution in [0, 0.1) is 13.8 Å². The average molecular weight is 474 g/mol. The first kappa shape index (κ1) is 24.1. The van der Waals surface area contributed by atoms with Crippen molar-refractivity contribution in [3.63, 3.8) is 0 Å². The van der Waals surface area contributed by atoms with Gasteiger partial charge in [0.15, 0.2) is 4.34 Å². The molecule has 0 aliphatic rings. The molecule has 0 unspecified atom stereocenters. The lowest BCUT2D eigenvalue weighted by Gasteiger charge is -2.28. The molecular formula is C17H23N5O5S3. The minimum absolute atomic E-state index is 0.0700. The Morgan fingerprint density at radius 3 is 2.57 bits per heavy atom. The van der Waals surface area contributed by atoms with Gasteiger partial charge in [0, 0.05) is 14.1 Å². The molecule has 0 aliphatic carbocycles. The van der Waals surface area contributed by atoms with E-state index in [2.05, 4.69) is 20.3 Å². The van der Waals surface area contributed by atoms with Crippen molar-refractivity contribution in [3.8, 4) is 0 Å². The SMILES string of the molecule is COC(=O)CSc1nnc(NC(=O)CN(c2cc(C)ccc2C)S(=O)(=O)N(C)C)s1. The van der Waals surface area contributed by atoms with Gasteiger partial charge in [-0.05, 0) is 31.0 Å². The molecule has 164 valence electrons. The zero-order valence-electron chi connectivity index (χ0n) is 17.2. The van der Waals surface area contributed by atoms with Crippen molar-refractivity contribution in [1.82, 2.24) is 14.5 Å². The highest BCUT2D eigenvalue weighted by molar-refractivity contribution is 8.01. The minimum Gasteiger partial charge on any atom is -0.468 e. The summed E-state index contributed by atoms with van der Waals surface area (Å²) in [4.78, 5) is 23.8. The number of hydrogen-bond donors (Lipinski definition) is 1. The lowest BCUT2D eigenvalue weighted by atomic mass is 10.1. The Morgan fingerprint density at radius 2 is 1.93 bits per heavy atom. The summed E-state index contributed by atoms with van der Waals surface area (Å²) >= 11 is 2.21. The molecule has 0 atom stereocenters. The van der Waals surface area contributed by atoms with Crippen molar-refractivity contribution >= 4 is 56.0 Å². The molecule has 2 rings (SSSR count). The summed E-state index contributed by atoms with van der Waals surface area (Å²) in [6, 6.07) is 5.39. The fourth-order valence-corrected chi connectivity index (χ4v) is 4.98. The van der Waals surface area contributed by atoms with Gasteiger partial charge in [-0.25, -0.2) is 4.31 Å². The first-order valence-corrected chi connectivity index (χ1v) is 11.8. The average Bonchev–Trinajstić information content (AvgIpc) is 3.13. The standard InChI is InChI=1S/C17H23N5O5S3/c1-11-6-7-12(2)13(8-11)22(30(25,26)21(3)4)9-14(23)18-16-19-20-17(29-16)28-10-15(24)27-5/h6-8H,9-10H2,1-5H3,(H,18,19,23). The van der Waals surface area contributed by atoms with E-state index in [1.165, 1.54) is 21.2 Å². The first-order chi connectivity index (χ1) is 14.0. The molecule has 0 fully saturated rings. The van der Waals surface area contributed by atoms with Crippen molar-refractivity contribution in [1.29, 1.82) is 0 Å². The number of carbonyl (C=O) groups is 2. The maximum absolute atomic E-state index is 12.9. The smallest absolute Gasteiger partial charge is 0.316 e. The molecule has 2 aromatic rings. The van der Waals surface area contributed by atoms with E-state index in [-0.39, 0.29) is 10.9 Å². The van der Waals surface area contributed by atoms with Gasteiger partial charge >= 0.3 is 16.2 Å². The van der Waals surface area contributed by atoms with Crippen LogP contribution in [0.4, 0.5) is 10.8 Å². The predicted molar refractivity (Wildman–Crippen MR) is 117 cm³/mol. The van der Waals surface area contributed by atoms with Crippen LogP contribution in [0.2, 0.25) is 0 Å². The number of esters is 1. The van der Waals surface area contributed by atoms with Gasteiger partial charge in [0.05, 0.1) is 18.6 Å². The largest absolute Gasteiger partial charge is 0.468 e. The van der Waals surface area contributed by atoms with Gasteiger partial charge in [-0.1, -0.05) is 35.2 Å². The molecule has 1 N–H and O–H groups in total. The summed E-state index contributed by atoms with van der Waals surface area (Å²) in [6.45, 7) is 3.19. The van der Waals surface area contributed by atoms with Gasteiger partial charge in [-0.3, -0.25) is 14.9 Å². The van der Waals surface area contributed by atoms with E-state index in [0.29, 0.717) is 10.0 Å².